The molecule has 1 aliphatic heterocycles. The molecule has 0 aromatic heterocycles. The van der Waals surface area contributed by atoms with Crippen LogP contribution >= 0.6 is 0 Å². The lowest BCUT2D eigenvalue weighted by Crippen LogP contribution is -2.17. The van der Waals surface area contributed by atoms with Gasteiger partial charge in [0, 0.05) is 37.0 Å². The number of hydrogen-bond acceptors (Lipinski definition) is 11. The van der Waals surface area contributed by atoms with Crippen LogP contribution in [0.1, 0.15) is 157 Å². The summed E-state index contributed by atoms with van der Waals surface area (Å²) in [7, 11) is 0. The second kappa shape index (κ2) is 25.5. The Balaban J connectivity index is 0.000000987. The third-order valence-corrected chi connectivity index (χ3v) is 9.97. The molecular formula is C49H66O12. The quantitative estimate of drug-likeness (QED) is 0.0402. The number of unbranched alkanes of at least 4 members (excludes halogenated alkanes) is 6. The molecule has 0 amide bonds. The number of rotatable bonds is 23. The zero-order valence-corrected chi connectivity index (χ0v) is 36.9. The summed E-state index contributed by atoms with van der Waals surface area (Å²) in [6.07, 6.45) is 7.21. The highest BCUT2D eigenvalue weighted by Gasteiger charge is 2.39. The monoisotopic (exact) mass is 846 g/mol. The third kappa shape index (κ3) is 18.1. The zero-order chi connectivity index (χ0) is 44.8. The van der Waals surface area contributed by atoms with E-state index < -0.39 is 11.9 Å². The van der Waals surface area contributed by atoms with Crippen molar-refractivity contribution in [2.45, 2.75) is 135 Å². The van der Waals surface area contributed by atoms with Crippen LogP contribution in [0, 0.1) is 0 Å². The first-order chi connectivity index (χ1) is 29.0. The molecule has 12 nitrogen and oxygen atoms in total. The maximum atomic E-state index is 13.2. The maximum absolute atomic E-state index is 13.2. The van der Waals surface area contributed by atoms with Crippen LogP contribution in [0.2, 0.25) is 0 Å². The number of aliphatic carboxylic acids is 1. The van der Waals surface area contributed by atoms with Gasteiger partial charge in [-0.25, -0.2) is 4.79 Å². The Hall–Kier alpha value is -5.23. The molecule has 0 bridgehead atoms. The van der Waals surface area contributed by atoms with Crippen molar-refractivity contribution in [2.75, 3.05) is 33.0 Å². The summed E-state index contributed by atoms with van der Waals surface area (Å²) in [6.45, 7) is 14.0. The Kier molecular flexibility index (Phi) is 21.0. The van der Waals surface area contributed by atoms with E-state index in [0.29, 0.717) is 75.2 Å². The number of carbonyl (C=O) groups excluding carboxylic acids is 4. The maximum Gasteiger partial charge on any atom is 0.338 e. The number of esters is 4. The van der Waals surface area contributed by atoms with Gasteiger partial charge >= 0.3 is 29.8 Å². The molecule has 0 aliphatic carbocycles. The highest BCUT2D eigenvalue weighted by atomic mass is 16.6. The number of benzene rings is 3. The van der Waals surface area contributed by atoms with E-state index in [4.69, 9.17) is 33.9 Å². The smallest absolute Gasteiger partial charge is 0.338 e. The fourth-order valence-electron chi connectivity index (χ4n) is 6.46. The summed E-state index contributed by atoms with van der Waals surface area (Å²) in [5.41, 5.74) is 4.17. The van der Waals surface area contributed by atoms with Crippen LogP contribution in [0.4, 0.5) is 0 Å². The first-order valence-corrected chi connectivity index (χ1v) is 21.5. The Morgan fingerprint density at radius 1 is 0.639 bits per heavy atom. The van der Waals surface area contributed by atoms with Gasteiger partial charge in [0.2, 0.25) is 0 Å². The normalized spacial score (nSPS) is 13.3. The van der Waals surface area contributed by atoms with E-state index in [2.05, 4.69) is 53.7 Å². The van der Waals surface area contributed by atoms with Gasteiger partial charge in [-0.2, -0.15) is 0 Å². The fourth-order valence-corrected chi connectivity index (χ4v) is 6.46. The average molecular weight is 847 g/mol. The molecular weight excluding hydrogens is 781 g/mol. The lowest BCUT2D eigenvalue weighted by Gasteiger charge is -2.27. The molecule has 4 rings (SSSR count). The lowest BCUT2D eigenvalue weighted by molar-refractivity contribution is -0.145. The average Bonchev–Trinajstić information content (AvgIpc) is 3.55. The fraction of sp³-hybridized carbons (Fsp3) is 0.531. The van der Waals surface area contributed by atoms with Crippen molar-refractivity contribution in [2.24, 2.45) is 0 Å². The Labute approximate surface area is 361 Å². The van der Waals surface area contributed by atoms with Gasteiger partial charge in [0.1, 0.15) is 30.6 Å². The van der Waals surface area contributed by atoms with Gasteiger partial charge in [-0.15, -0.1) is 0 Å². The Morgan fingerprint density at radius 3 is 1.79 bits per heavy atom. The van der Waals surface area contributed by atoms with Crippen molar-refractivity contribution in [1.29, 1.82) is 0 Å². The largest absolute Gasteiger partial charge is 0.490 e. The second-order valence-corrected chi connectivity index (χ2v) is 17.2. The molecule has 61 heavy (non-hydrogen) atoms. The van der Waals surface area contributed by atoms with Crippen molar-refractivity contribution in [3.05, 3.63) is 94.5 Å². The van der Waals surface area contributed by atoms with Crippen LogP contribution in [-0.4, -0.2) is 73.1 Å². The van der Waals surface area contributed by atoms with Crippen LogP contribution < -0.4 is 9.47 Å². The van der Waals surface area contributed by atoms with Crippen molar-refractivity contribution < 1.29 is 57.9 Å². The van der Waals surface area contributed by atoms with Crippen LogP contribution in [-0.2, 0) is 44.2 Å². The molecule has 3 aromatic carbocycles. The number of carboxylic acid groups (broad SMARTS) is 1. The Bertz CT molecular complexity index is 1840. The summed E-state index contributed by atoms with van der Waals surface area (Å²) in [6, 6.07) is 20.5. The molecule has 0 radical (unpaired) electrons. The third-order valence-electron chi connectivity index (χ3n) is 9.97. The number of aliphatic hydroxyl groups excluding tert-OH is 1. The van der Waals surface area contributed by atoms with Gasteiger partial charge in [0.15, 0.2) is 0 Å². The molecule has 1 atom stereocenters. The van der Waals surface area contributed by atoms with E-state index in [-0.39, 0.29) is 67.4 Å². The van der Waals surface area contributed by atoms with E-state index in [1.54, 1.807) is 24.3 Å². The number of carbonyl (C=O) groups is 5. The molecule has 0 spiro atoms. The van der Waals surface area contributed by atoms with Crippen molar-refractivity contribution in [3.63, 3.8) is 0 Å². The van der Waals surface area contributed by atoms with Crippen molar-refractivity contribution in [1.82, 2.24) is 0 Å². The molecule has 334 valence electrons. The van der Waals surface area contributed by atoms with E-state index in [9.17, 15) is 24.0 Å². The highest BCUT2D eigenvalue weighted by Crippen LogP contribution is 2.47. The van der Waals surface area contributed by atoms with Crippen LogP contribution in [0.15, 0.2) is 66.7 Å². The van der Waals surface area contributed by atoms with Gasteiger partial charge in [-0.05, 0) is 97.6 Å². The summed E-state index contributed by atoms with van der Waals surface area (Å²) in [5.74, 6) is -1.15. The first-order valence-electron chi connectivity index (χ1n) is 21.5. The molecule has 1 aliphatic rings. The van der Waals surface area contributed by atoms with Crippen molar-refractivity contribution in [3.8, 4) is 11.5 Å². The van der Waals surface area contributed by atoms with Gasteiger partial charge in [-0.1, -0.05) is 90.4 Å². The predicted octanol–water partition coefficient (Wildman–Crippen LogP) is 9.40. The van der Waals surface area contributed by atoms with Gasteiger partial charge < -0.3 is 33.9 Å². The first kappa shape index (κ1) is 50.1. The van der Waals surface area contributed by atoms with E-state index >= 15 is 0 Å². The van der Waals surface area contributed by atoms with Crippen LogP contribution in [0.25, 0.3) is 0 Å². The van der Waals surface area contributed by atoms with Crippen LogP contribution in [0.3, 0.4) is 0 Å². The number of aliphatic hydroxyl groups is 1. The summed E-state index contributed by atoms with van der Waals surface area (Å²) >= 11 is 0. The minimum absolute atomic E-state index is 0.0874. The molecule has 3 aromatic rings. The molecule has 0 saturated carbocycles. The van der Waals surface area contributed by atoms with Gasteiger partial charge in [0.05, 0.1) is 18.8 Å². The van der Waals surface area contributed by atoms with E-state index in [1.807, 2.05) is 30.3 Å². The zero-order valence-electron chi connectivity index (χ0n) is 36.9. The van der Waals surface area contributed by atoms with Gasteiger partial charge in [-0.3, -0.25) is 19.2 Å². The van der Waals surface area contributed by atoms with Crippen LogP contribution in [0.5, 0.6) is 11.5 Å². The number of fused-ring (bicyclic) bond motifs is 1. The lowest BCUT2D eigenvalue weighted by atomic mass is 9.77. The number of hydrogen-bond donors (Lipinski definition) is 2. The van der Waals surface area contributed by atoms with Gasteiger partial charge in [0.25, 0.3) is 0 Å². The minimum atomic E-state index is -0.757. The molecule has 0 saturated heterocycles. The SMILES string of the molecule is CC(C)(C)c1cc2c(c(C(C)(C)C)c1)OC(=O)C2c1ccc(OCCOC(=O)CCCCCOC(=O)CCCCCOC(=O)c2ccccc2)cc1.O=C(O)CCCCCO. The molecule has 2 N–H and O–H groups in total. The standard InChI is InChI=1S/C43H54O9.C6H12O3/c1-42(2,3)32-28-34-38(41(47)52-39(34)35(29-32)43(4,5)6)30-20-22-33(23-21-30)48-26-27-50-37(45)19-12-8-14-24-49-36(44)18-13-9-15-25-51-40(46)31-16-10-7-11-17-31;7-5-3-1-2-4-6(8)9/h7,10-11,16-17,20-23,28-29,38H,8-9,12-15,18-19,24-27H2,1-6H3;7H,1-5H2,(H,8,9). The predicted molar refractivity (Wildman–Crippen MR) is 232 cm³/mol. The Morgan fingerprint density at radius 2 is 1.21 bits per heavy atom. The molecule has 12 heteroatoms. The molecule has 0 fully saturated rings. The molecule has 1 heterocycles. The van der Waals surface area contributed by atoms with E-state index in [1.165, 1.54) is 0 Å². The summed E-state index contributed by atoms with van der Waals surface area (Å²) in [5, 5.41) is 16.4. The highest BCUT2D eigenvalue weighted by molar-refractivity contribution is 5.91. The molecule has 1 unspecified atom stereocenters. The topological polar surface area (TPSA) is 172 Å². The minimum Gasteiger partial charge on any atom is -0.490 e. The van der Waals surface area contributed by atoms with E-state index in [0.717, 1.165) is 41.5 Å². The summed E-state index contributed by atoms with van der Waals surface area (Å²) < 4.78 is 27.5. The summed E-state index contributed by atoms with van der Waals surface area (Å²) in [4.78, 5) is 59.1. The second-order valence-electron chi connectivity index (χ2n) is 17.2. The number of ether oxygens (including phenoxy) is 5. The number of carboxylic acids is 1. The van der Waals surface area contributed by atoms with Crippen molar-refractivity contribution >= 4 is 29.8 Å².